The predicted molar refractivity (Wildman–Crippen MR) is 114 cm³/mol. The fourth-order valence-electron chi connectivity index (χ4n) is 2.69. The Balaban J connectivity index is 1.43. The number of nitrogens with one attached hydrogen (secondary N) is 3. The summed E-state index contributed by atoms with van der Waals surface area (Å²) in [5.41, 5.74) is 4.09. The van der Waals surface area contributed by atoms with Crippen molar-refractivity contribution < 1.29 is 18.7 Å². The van der Waals surface area contributed by atoms with E-state index in [1.165, 1.54) is 12.7 Å². The Morgan fingerprint density at radius 2 is 1.67 bits per heavy atom. The number of carbonyl (C=O) groups is 2. The van der Waals surface area contributed by atoms with Crippen molar-refractivity contribution in [3.8, 4) is 11.5 Å². The number of anilines is 2. The van der Waals surface area contributed by atoms with Crippen LogP contribution in [-0.4, -0.2) is 37.2 Å². The van der Waals surface area contributed by atoms with Crippen LogP contribution in [0.4, 0.5) is 16.2 Å². The lowest BCUT2D eigenvalue weighted by atomic mass is 10.1. The summed E-state index contributed by atoms with van der Waals surface area (Å²) in [6.07, 6.45) is 2.15. The minimum absolute atomic E-state index is 0.0135. The molecule has 0 radical (unpaired) electrons. The van der Waals surface area contributed by atoms with Gasteiger partial charge in [-0.05, 0) is 43.3 Å². The number of aryl methyl sites for hydroxylation is 1. The number of rotatable bonds is 8. The largest absolute Gasteiger partial charge is 0.444 e. The molecule has 8 heteroatoms. The molecule has 1 aromatic heterocycles. The van der Waals surface area contributed by atoms with Crippen molar-refractivity contribution in [1.82, 2.24) is 10.3 Å². The first-order valence-corrected chi connectivity index (χ1v) is 9.48. The maximum Gasteiger partial charge on any atom is 0.319 e. The lowest BCUT2D eigenvalue weighted by Gasteiger charge is -2.08. The standard InChI is InChI=1S/C22H24N4O4/c1-15-3-5-16(6-4-15)21-25-19(13-30-21)11-12-23-22(28)26-18-9-7-17(8-10-18)24-20(27)14-29-2/h3-10,13H,11-12,14H2,1-2H3,(H,24,27)(H2,23,26,28). The van der Waals surface area contributed by atoms with Gasteiger partial charge in [-0.3, -0.25) is 4.79 Å². The molecule has 2 aromatic carbocycles. The smallest absolute Gasteiger partial charge is 0.319 e. The summed E-state index contributed by atoms with van der Waals surface area (Å²) in [6.45, 7) is 2.42. The predicted octanol–water partition coefficient (Wildman–Crippen LogP) is 3.60. The van der Waals surface area contributed by atoms with E-state index in [0.29, 0.717) is 30.2 Å². The first-order valence-electron chi connectivity index (χ1n) is 9.48. The quantitative estimate of drug-likeness (QED) is 0.528. The highest BCUT2D eigenvalue weighted by Gasteiger charge is 2.08. The Bertz CT molecular complexity index is 981. The van der Waals surface area contributed by atoms with Crippen LogP contribution in [0, 0.1) is 6.92 Å². The van der Waals surface area contributed by atoms with Crippen molar-refractivity contribution in [3.05, 3.63) is 66.1 Å². The zero-order chi connectivity index (χ0) is 21.3. The van der Waals surface area contributed by atoms with Gasteiger partial charge >= 0.3 is 6.03 Å². The molecule has 0 saturated carbocycles. The van der Waals surface area contributed by atoms with Crippen molar-refractivity contribution in [2.45, 2.75) is 13.3 Å². The Kier molecular flexibility index (Phi) is 7.18. The number of carbonyl (C=O) groups excluding carboxylic acids is 2. The van der Waals surface area contributed by atoms with Crippen molar-refractivity contribution in [1.29, 1.82) is 0 Å². The fourth-order valence-corrected chi connectivity index (χ4v) is 2.69. The number of aromatic nitrogens is 1. The second-order valence-electron chi connectivity index (χ2n) is 6.70. The number of hydrogen-bond acceptors (Lipinski definition) is 5. The Morgan fingerprint density at radius 3 is 2.33 bits per heavy atom. The second-order valence-corrected chi connectivity index (χ2v) is 6.70. The molecule has 3 N–H and O–H groups in total. The maximum absolute atomic E-state index is 12.1. The SMILES string of the molecule is COCC(=O)Nc1ccc(NC(=O)NCCc2coc(-c3ccc(C)cc3)n2)cc1. The molecule has 0 aliphatic heterocycles. The molecule has 0 aliphatic carbocycles. The molecule has 3 rings (SSSR count). The third-order valence-electron chi connectivity index (χ3n) is 4.22. The van der Waals surface area contributed by atoms with E-state index in [1.54, 1.807) is 30.5 Å². The van der Waals surface area contributed by atoms with Crippen molar-refractivity contribution in [2.75, 3.05) is 30.9 Å². The van der Waals surface area contributed by atoms with Gasteiger partial charge in [0.05, 0.1) is 5.69 Å². The molecule has 1 heterocycles. The molecule has 8 nitrogen and oxygen atoms in total. The summed E-state index contributed by atoms with van der Waals surface area (Å²) < 4.78 is 10.3. The van der Waals surface area contributed by atoms with E-state index in [0.717, 1.165) is 11.3 Å². The van der Waals surface area contributed by atoms with Crippen molar-refractivity contribution in [2.24, 2.45) is 0 Å². The third kappa shape index (κ3) is 6.18. The molecule has 0 spiro atoms. The lowest BCUT2D eigenvalue weighted by Crippen LogP contribution is -2.30. The van der Waals surface area contributed by atoms with Crippen LogP contribution in [0.1, 0.15) is 11.3 Å². The number of nitrogens with zero attached hydrogens (tertiary/aromatic N) is 1. The van der Waals surface area contributed by atoms with Gasteiger partial charge in [-0.1, -0.05) is 17.7 Å². The molecule has 0 aliphatic rings. The maximum atomic E-state index is 12.1. The number of methoxy groups -OCH3 is 1. The van der Waals surface area contributed by atoms with E-state index in [9.17, 15) is 9.59 Å². The van der Waals surface area contributed by atoms with Gasteiger partial charge in [0.15, 0.2) is 0 Å². The Labute approximate surface area is 174 Å². The van der Waals surface area contributed by atoms with Crippen molar-refractivity contribution in [3.63, 3.8) is 0 Å². The highest BCUT2D eigenvalue weighted by molar-refractivity contribution is 5.93. The first-order chi connectivity index (χ1) is 14.5. The van der Waals surface area contributed by atoms with Crippen LogP contribution in [0.3, 0.4) is 0 Å². The molecule has 0 fully saturated rings. The monoisotopic (exact) mass is 408 g/mol. The number of benzene rings is 2. The van der Waals surface area contributed by atoms with E-state index < -0.39 is 0 Å². The van der Waals surface area contributed by atoms with Crippen LogP contribution in [0.15, 0.2) is 59.2 Å². The molecule has 3 amide bonds. The number of oxazole rings is 1. The summed E-state index contributed by atoms with van der Waals surface area (Å²) >= 11 is 0. The topological polar surface area (TPSA) is 105 Å². The average molecular weight is 408 g/mol. The lowest BCUT2D eigenvalue weighted by molar-refractivity contribution is -0.119. The fraction of sp³-hybridized carbons (Fsp3) is 0.227. The molecule has 0 bridgehead atoms. The summed E-state index contributed by atoms with van der Waals surface area (Å²) in [5, 5.41) is 8.20. The van der Waals surface area contributed by atoms with Gasteiger partial charge in [0.25, 0.3) is 0 Å². The zero-order valence-electron chi connectivity index (χ0n) is 16.9. The van der Waals surface area contributed by atoms with Gasteiger partial charge in [0.2, 0.25) is 11.8 Å². The molecule has 156 valence electrons. The van der Waals surface area contributed by atoms with Gasteiger partial charge in [0.1, 0.15) is 12.9 Å². The van der Waals surface area contributed by atoms with Crippen LogP contribution < -0.4 is 16.0 Å². The van der Waals surface area contributed by atoms with Crippen LogP contribution in [-0.2, 0) is 16.0 Å². The van der Waals surface area contributed by atoms with E-state index in [1.807, 2.05) is 31.2 Å². The molecular weight excluding hydrogens is 384 g/mol. The summed E-state index contributed by atoms with van der Waals surface area (Å²) in [4.78, 5) is 28.0. The minimum atomic E-state index is -0.326. The Morgan fingerprint density at radius 1 is 1.00 bits per heavy atom. The summed E-state index contributed by atoms with van der Waals surface area (Å²) in [7, 11) is 1.46. The normalized spacial score (nSPS) is 10.5. The van der Waals surface area contributed by atoms with Gasteiger partial charge < -0.3 is 25.1 Å². The highest BCUT2D eigenvalue weighted by atomic mass is 16.5. The first kappa shape index (κ1) is 21.1. The number of hydrogen-bond donors (Lipinski definition) is 3. The van der Waals surface area contributed by atoms with Crippen LogP contribution in [0.25, 0.3) is 11.5 Å². The molecule has 3 aromatic rings. The van der Waals surface area contributed by atoms with Gasteiger partial charge in [-0.25, -0.2) is 9.78 Å². The second kappa shape index (κ2) is 10.2. The van der Waals surface area contributed by atoms with Gasteiger partial charge in [0, 0.05) is 37.0 Å². The van der Waals surface area contributed by atoms with E-state index >= 15 is 0 Å². The number of ether oxygens (including phenoxy) is 1. The van der Waals surface area contributed by atoms with E-state index in [4.69, 9.17) is 9.15 Å². The number of urea groups is 1. The molecule has 0 unspecified atom stereocenters. The Hall–Kier alpha value is -3.65. The van der Waals surface area contributed by atoms with Gasteiger partial charge in [-0.2, -0.15) is 0 Å². The third-order valence-corrected chi connectivity index (χ3v) is 4.22. The summed E-state index contributed by atoms with van der Waals surface area (Å²) in [6, 6.07) is 14.4. The number of amides is 3. The molecule has 0 atom stereocenters. The van der Waals surface area contributed by atoms with Gasteiger partial charge in [-0.15, -0.1) is 0 Å². The zero-order valence-corrected chi connectivity index (χ0v) is 16.9. The molecular formula is C22H24N4O4. The molecule has 30 heavy (non-hydrogen) atoms. The van der Waals surface area contributed by atoms with Crippen LogP contribution in [0.5, 0.6) is 0 Å². The summed E-state index contributed by atoms with van der Waals surface area (Å²) in [5.74, 6) is 0.321. The van der Waals surface area contributed by atoms with Crippen LogP contribution in [0.2, 0.25) is 0 Å². The minimum Gasteiger partial charge on any atom is -0.444 e. The average Bonchev–Trinajstić information content (AvgIpc) is 3.19. The van der Waals surface area contributed by atoms with E-state index in [2.05, 4.69) is 20.9 Å². The highest BCUT2D eigenvalue weighted by Crippen LogP contribution is 2.19. The molecule has 0 saturated heterocycles. The van der Waals surface area contributed by atoms with Crippen molar-refractivity contribution >= 4 is 23.3 Å². The van der Waals surface area contributed by atoms with E-state index in [-0.39, 0.29) is 18.5 Å². The van der Waals surface area contributed by atoms with Crippen LogP contribution >= 0.6 is 0 Å².